The summed E-state index contributed by atoms with van der Waals surface area (Å²) >= 11 is 1.76. The van der Waals surface area contributed by atoms with Gasteiger partial charge in [-0.2, -0.15) is 0 Å². The van der Waals surface area contributed by atoms with Crippen LogP contribution < -0.4 is 5.32 Å². The van der Waals surface area contributed by atoms with Gasteiger partial charge >= 0.3 is 0 Å². The summed E-state index contributed by atoms with van der Waals surface area (Å²) in [6.45, 7) is 6.41. The largest absolute Gasteiger partial charge is 0.353 e. The number of aryl methyl sites for hydroxylation is 1. The number of rotatable bonds is 4. The maximum atomic E-state index is 12.6. The van der Waals surface area contributed by atoms with Gasteiger partial charge in [-0.05, 0) is 25.3 Å². The van der Waals surface area contributed by atoms with Crippen molar-refractivity contribution in [1.29, 1.82) is 0 Å². The van der Waals surface area contributed by atoms with Crippen LogP contribution >= 0.6 is 11.3 Å². The summed E-state index contributed by atoms with van der Waals surface area (Å²) in [6, 6.07) is 4.36. The van der Waals surface area contributed by atoms with E-state index < -0.39 is 0 Å². The van der Waals surface area contributed by atoms with E-state index in [1.165, 1.54) is 4.88 Å². The number of fused-ring (bicyclic) bond motifs is 1. The molecule has 0 aliphatic carbocycles. The summed E-state index contributed by atoms with van der Waals surface area (Å²) in [5.74, 6) is -0.0608. The van der Waals surface area contributed by atoms with E-state index in [9.17, 15) is 4.79 Å². The average molecular weight is 318 g/mol. The van der Waals surface area contributed by atoms with Gasteiger partial charge in [-0.15, -0.1) is 11.3 Å². The van der Waals surface area contributed by atoms with E-state index in [1.807, 2.05) is 31.8 Å². The quantitative estimate of drug-likeness (QED) is 0.939. The van der Waals surface area contributed by atoms with Gasteiger partial charge in [-0.25, -0.2) is 4.98 Å². The second-order valence-electron chi connectivity index (χ2n) is 6.15. The lowest BCUT2D eigenvalue weighted by Gasteiger charge is -2.32. The van der Waals surface area contributed by atoms with Crippen molar-refractivity contribution in [2.75, 3.05) is 6.54 Å². The van der Waals surface area contributed by atoms with Gasteiger partial charge in [-0.1, -0.05) is 6.07 Å². The zero-order valence-corrected chi connectivity index (χ0v) is 14.1. The van der Waals surface area contributed by atoms with Gasteiger partial charge in [0.15, 0.2) is 0 Å². The molecule has 3 heterocycles. The minimum atomic E-state index is -0.154. The maximum absolute atomic E-state index is 12.6. The highest BCUT2D eigenvalue weighted by molar-refractivity contribution is 7.09. The predicted molar refractivity (Wildman–Crippen MR) is 87.7 cm³/mol. The molecule has 1 aliphatic rings. The van der Waals surface area contributed by atoms with Gasteiger partial charge < -0.3 is 9.88 Å². The van der Waals surface area contributed by atoms with E-state index in [4.69, 9.17) is 0 Å². The molecule has 0 bridgehead atoms. The molecule has 0 saturated heterocycles. The molecule has 0 saturated carbocycles. The van der Waals surface area contributed by atoms with Crippen molar-refractivity contribution in [2.45, 2.75) is 38.9 Å². The van der Waals surface area contributed by atoms with Crippen LogP contribution in [0.25, 0.3) is 0 Å². The van der Waals surface area contributed by atoms with Crippen molar-refractivity contribution in [2.24, 2.45) is 7.05 Å². The molecule has 0 fully saturated rings. The van der Waals surface area contributed by atoms with Crippen LogP contribution in [0.3, 0.4) is 0 Å². The van der Waals surface area contributed by atoms with E-state index >= 15 is 0 Å². The molecule has 22 heavy (non-hydrogen) atoms. The summed E-state index contributed by atoms with van der Waals surface area (Å²) in [4.78, 5) is 20.7. The Labute approximate surface area is 135 Å². The van der Waals surface area contributed by atoms with Crippen molar-refractivity contribution in [3.63, 3.8) is 0 Å². The van der Waals surface area contributed by atoms with Crippen molar-refractivity contribution >= 4 is 17.2 Å². The summed E-state index contributed by atoms with van der Waals surface area (Å²) in [6.07, 6.45) is 1.81. The van der Waals surface area contributed by atoms with Gasteiger partial charge in [0.05, 0.1) is 23.6 Å². The van der Waals surface area contributed by atoms with Crippen LogP contribution in [-0.4, -0.2) is 32.9 Å². The molecule has 1 aliphatic heterocycles. The van der Waals surface area contributed by atoms with Gasteiger partial charge in [0.25, 0.3) is 0 Å². The third-order valence-corrected chi connectivity index (χ3v) is 4.77. The standard InChI is InChI=1S/C16H22N4OS/c1-11(2)18-16(21)13-8-20(7-12-5-4-6-22-12)9-14-15(13)19(3)10-17-14/h4-6,10-11,13H,7-9H2,1-3H3,(H,18,21)/t13-/m1/s1. The molecule has 1 N–H and O–H groups in total. The van der Waals surface area contributed by atoms with Crippen LogP contribution in [0, 0.1) is 0 Å². The minimum Gasteiger partial charge on any atom is -0.353 e. The number of imidazole rings is 1. The molecule has 0 unspecified atom stereocenters. The number of hydrogen-bond acceptors (Lipinski definition) is 4. The van der Waals surface area contributed by atoms with Crippen LogP contribution in [0.2, 0.25) is 0 Å². The Morgan fingerprint density at radius 2 is 2.36 bits per heavy atom. The van der Waals surface area contributed by atoms with Crippen molar-refractivity contribution in [1.82, 2.24) is 19.8 Å². The Morgan fingerprint density at radius 1 is 1.55 bits per heavy atom. The first-order chi connectivity index (χ1) is 10.5. The van der Waals surface area contributed by atoms with E-state index in [2.05, 4.69) is 32.7 Å². The Hall–Kier alpha value is -1.66. The second kappa shape index (κ2) is 6.22. The molecular formula is C16H22N4OS. The summed E-state index contributed by atoms with van der Waals surface area (Å²) < 4.78 is 1.99. The molecule has 1 amide bonds. The molecule has 6 heteroatoms. The first-order valence-electron chi connectivity index (χ1n) is 7.59. The summed E-state index contributed by atoms with van der Waals surface area (Å²) in [5.41, 5.74) is 2.08. The molecule has 2 aromatic rings. The number of nitrogens with one attached hydrogen (secondary N) is 1. The summed E-state index contributed by atoms with van der Waals surface area (Å²) in [7, 11) is 1.97. The van der Waals surface area contributed by atoms with Crippen LogP contribution in [0.4, 0.5) is 0 Å². The minimum absolute atomic E-state index is 0.0933. The molecule has 2 aromatic heterocycles. The van der Waals surface area contributed by atoms with Gasteiger partial charge in [0.1, 0.15) is 0 Å². The molecule has 5 nitrogen and oxygen atoms in total. The van der Waals surface area contributed by atoms with E-state index in [-0.39, 0.29) is 17.9 Å². The molecule has 1 atom stereocenters. The number of aromatic nitrogens is 2. The molecule has 3 rings (SSSR count). The SMILES string of the molecule is CC(C)NC(=O)[C@@H]1CN(Cc2cccs2)Cc2ncn(C)c21. The fourth-order valence-corrected chi connectivity index (χ4v) is 3.76. The topological polar surface area (TPSA) is 50.2 Å². The molecule has 0 radical (unpaired) electrons. The fourth-order valence-electron chi connectivity index (χ4n) is 3.01. The van der Waals surface area contributed by atoms with Crippen LogP contribution in [0.1, 0.15) is 36.0 Å². The highest BCUT2D eigenvalue weighted by Crippen LogP contribution is 2.29. The molecule has 0 aromatic carbocycles. The summed E-state index contributed by atoms with van der Waals surface area (Å²) in [5, 5.41) is 5.14. The number of amides is 1. The lowest BCUT2D eigenvalue weighted by Crippen LogP contribution is -2.43. The number of nitrogens with zero attached hydrogens (tertiary/aromatic N) is 3. The van der Waals surface area contributed by atoms with Crippen LogP contribution in [0.15, 0.2) is 23.8 Å². The van der Waals surface area contributed by atoms with Crippen molar-refractivity contribution in [3.8, 4) is 0 Å². The van der Waals surface area contributed by atoms with Gasteiger partial charge in [-0.3, -0.25) is 9.69 Å². The Kier molecular flexibility index (Phi) is 4.31. The molecule has 0 spiro atoms. The highest BCUT2D eigenvalue weighted by atomic mass is 32.1. The zero-order valence-electron chi connectivity index (χ0n) is 13.2. The normalized spacial score (nSPS) is 18.5. The van der Waals surface area contributed by atoms with Crippen LogP contribution in [-0.2, 0) is 24.9 Å². The maximum Gasteiger partial charge on any atom is 0.230 e. The second-order valence-corrected chi connectivity index (χ2v) is 7.18. The number of carbonyl (C=O) groups is 1. The van der Waals surface area contributed by atoms with Gasteiger partial charge in [0, 0.05) is 37.6 Å². The first kappa shape index (κ1) is 15.2. The monoisotopic (exact) mass is 318 g/mol. The number of carbonyl (C=O) groups excluding carboxylic acids is 1. The fraction of sp³-hybridized carbons (Fsp3) is 0.500. The third kappa shape index (κ3) is 3.08. The third-order valence-electron chi connectivity index (χ3n) is 3.91. The predicted octanol–water partition coefficient (Wildman–Crippen LogP) is 2.11. The first-order valence-corrected chi connectivity index (χ1v) is 8.47. The lowest BCUT2D eigenvalue weighted by molar-refractivity contribution is -0.124. The smallest absolute Gasteiger partial charge is 0.230 e. The van der Waals surface area contributed by atoms with Crippen molar-refractivity contribution < 1.29 is 4.79 Å². The Morgan fingerprint density at radius 3 is 3.05 bits per heavy atom. The zero-order chi connectivity index (χ0) is 15.7. The van der Waals surface area contributed by atoms with Gasteiger partial charge in [0.2, 0.25) is 5.91 Å². The van der Waals surface area contributed by atoms with E-state index in [0.717, 1.165) is 31.0 Å². The highest BCUT2D eigenvalue weighted by Gasteiger charge is 2.34. The van der Waals surface area contributed by atoms with Crippen LogP contribution in [0.5, 0.6) is 0 Å². The molecular weight excluding hydrogens is 296 g/mol. The Bertz CT molecular complexity index is 647. The van der Waals surface area contributed by atoms with E-state index in [1.54, 1.807) is 11.3 Å². The number of hydrogen-bond donors (Lipinski definition) is 1. The lowest BCUT2D eigenvalue weighted by atomic mass is 9.96. The average Bonchev–Trinajstić information content (AvgIpc) is 3.08. The van der Waals surface area contributed by atoms with Crippen molar-refractivity contribution in [3.05, 3.63) is 40.1 Å². The van der Waals surface area contributed by atoms with E-state index in [0.29, 0.717) is 0 Å². The molecule has 118 valence electrons. The Balaban J connectivity index is 1.83. The number of thiophene rings is 1.